The minimum Gasteiger partial charge on any atom is -0.352 e. The first-order chi connectivity index (χ1) is 8.10. The number of anilines is 2. The molecule has 0 atom stereocenters. The molecule has 0 aromatic heterocycles. The minimum atomic E-state index is -3.44. The Morgan fingerprint density at radius 3 is 2.47 bits per heavy atom. The average molecular weight is 263 g/mol. The third kappa shape index (κ3) is 1.46. The number of benzene rings is 2. The number of nitrogens with one attached hydrogen (secondary N) is 1. The standard InChI is InChI=1S/C12H9NO2S2/c14-17(15)10-6-2-1-4-8(10)13-12-9(16)5-3-7-11(12)17/h1-7,13,16H. The number of hydrogen-bond donors (Lipinski definition) is 2. The molecule has 0 saturated heterocycles. The van der Waals surface area contributed by atoms with Gasteiger partial charge in [0, 0.05) is 4.90 Å². The molecule has 0 fully saturated rings. The van der Waals surface area contributed by atoms with Gasteiger partial charge in [0.1, 0.15) is 0 Å². The number of rotatable bonds is 0. The summed E-state index contributed by atoms with van der Waals surface area (Å²) in [6.45, 7) is 0. The SMILES string of the molecule is O=S1(=O)c2ccccc2Nc2c(S)cccc21. The summed E-state index contributed by atoms with van der Waals surface area (Å²) in [6, 6.07) is 11.9. The predicted octanol–water partition coefficient (Wildman–Crippen LogP) is 2.87. The third-order valence-electron chi connectivity index (χ3n) is 2.73. The van der Waals surface area contributed by atoms with Crippen molar-refractivity contribution in [2.45, 2.75) is 14.7 Å². The van der Waals surface area contributed by atoms with Gasteiger partial charge >= 0.3 is 0 Å². The van der Waals surface area contributed by atoms with Crippen LogP contribution in [0, 0.1) is 0 Å². The van der Waals surface area contributed by atoms with Crippen LogP contribution in [0.15, 0.2) is 57.2 Å². The number of para-hydroxylation sites is 2. The molecular formula is C12H9NO2S2. The van der Waals surface area contributed by atoms with Crippen LogP contribution >= 0.6 is 12.6 Å². The molecule has 2 aromatic carbocycles. The van der Waals surface area contributed by atoms with Crippen LogP contribution in [-0.4, -0.2) is 8.42 Å². The minimum absolute atomic E-state index is 0.281. The maximum absolute atomic E-state index is 12.4. The number of fused-ring (bicyclic) bond motifs is 2. The monoisotopic (exact) mass is 263 g/mol. The predicted molar refractivity (Wildman–Crippen MR) is 68.9 cm³/mol. The quantitative estimate of drug-likeness (QED) is 0.613. The van der Waals surface area contributed by atoms with Crippen molar-refractivity contribution in [3.8, 4) is 0 Å². The first-order valence-electron chi connectivity index (χ1n) is 5.04. The highest BCUT2D eigenvalue weighted by Gasteiger charge is 2.29. The zero-order valence-electron chi connectivity index (χ0n) is 8.71. The summed E-state index contributed by atoms with van der Waals surface area (Å²) >= 11 is 4.28. The Balaban J connectivity index is 2.39. The van der Waals surface area contributed by atoms with Gasteiger partial charge in [-0.25, -0.2) is 8.42 Å². The van der Waals surface area contributed by atoms with Crippen LogP contribution in [0.5, 0.6) is 0 Å². The van der Waals surface area contributed by atoms with Crippen LogP contribution in [0.2, 0.25) is 0 Å². The van der Waals surface area contributed by atoms with Crippen LogP contribution in [0.25, 0.3) is 0 Å². The molecular weight excluding hydrogens is 254 g/mol. The van der Waals surface area contributed by atoms with E-state index >= 15 is 0 Å². The molecule has 1 aliphatic rings. The highest BCUT2D eigenvalue weighted by Crippen LogP contribution is 2.41. The Morgan fingerprint density at radius 1 is 0.941 bits per heavy atom. The van der Waals surface area contributed by atoms with E-state index in [1.807, 2.05) is 0 Å². The molecule has 0 radical (unpaired) electrons. The Morgan fingerprint density at radius 2 is 1.65 bits per heavy atom. The first kappa shape index (κ1) is 10.7. The van der Waals surface area contributed by atoms with Crippen LogP contribution in [0.3, 0.4) is 0 Å². The molecule has 17 heavy (non-hydrogen) atoms. The van der Waals surface area contributed by atoms with Gasteiger partial charge in [0.25, 0.3) is 0 Å². The molecule has 1 N–H and O–H groups in total. The second-order valence-corrected chi connectivity index (χ2v) is 6.14. The molecule has 1 aliphatic heterocycles. The number of sulfone groups is 1. The van der Waals surface area contributed by atoms with Crippen molar-refractivity contribution in [1.82, 2.24) is 0 Å². The van der Waals surface area contributed by atoms with Gasteiger partial charge in [-0.2, -0.15) is 0 Å². The second kappa shape index (κ2) is 3.51. The lowest BCUT2D eigenvalue weighted by molar-refractivity contribution is 0.595. The van der Waals surface area contributed by atoms with E-state index in [2.05, 4.69) is 17.9 Å². The summed E-state index contributed by atoms with van der Waals surface area (Å²) in [4.78, 5) is 1.22. The third-order valence-corrected chi connectivity index (χ3v) is 4.96. The summed E-state index contributed by atoms with van der Waals surface area (Å²) in [5, 5.41) is 3.11. The molecule has 0 aliphatic carbocycles. The zero-order valence-corrected chi connectivity index (χ0v) is 10.4. The Hall–Kier alpha value is -1.46. The molecule has 0 saturated carbocycles. The fourth-order valence-electron chi connectivity index (χ4n) is 1.93. The molecule has 3 nitrogen and oxygen atoms in total. The van der Waals surface area contributed by atoms with Gasteiger partial charge in [0.2, 0.25) is 9.84 Å². The van der Waals surface area contributed by atoms with Crippen LogP contribution in [-0.2, 0) is 9.84 Å². The van der Waals surface area contributed by atoms with E-state index in [0.717, 1.165) is 0 Å². The molecule has 86 valence electrons. The topological polar surface area (TPSA) is 46.2 Å². The Kier molecular flexibility index (Phi) is 2.21. The molecule has 0 bridgehead atoms. The molecule has 3 rings (SSSR count). The van der Waals surface area contributed by atoms with Crippen LogP contribution in [0.1, 0.15) is 0 Å². The normalized spacial score (nSPS) is 15.6. The second-order valence-electron chi connectivity index (χ2n) is 3.77. The zero-order chi connectivity index (χ0) is 12.0. The number of thiol groups is 1. The fourth-order valence-corrected chi connectivity index (χ4v) is 3.86. The van der Waals surface area contributed by atoms with Crippen LogP contribution in [0.4, 0.5) is 11.4 Å². The van der Waals surface area contributed by atoms with E-state index < -0.39 is 9.84 Å². The molecule has 0 spiro atoms. The van der Waals surface area contributed by atoms with Gasteiger partial charge in [-0.3, -0.25) is 0 Å². The first-order valence-corrected chi connectivity index (χ1v) is 6.97. The molecule has 1 heterocycles. The van der Waals surface area contributed by atoms with Gasteiger partial charge < -0.3 is 5.32 Å². The number of hydrogen-bond acceptors (Lipinski definition) is 4. The molecule has 0 amide bonds. The Labute approximate surface area is 105 Å². The fraction of sp³-hybridized carbons (Fsp3) is 0. The van der Waals surface area contributed by atoms with E-state index in [4.69, 9.17) is 0 Å². The van der Waals surface area contributed by atoms with Crippen LogP contribution < -0.4 is 5.32 Å². The average Bonchev–Trinajstić information content (AvgIpc) is 2.31. The lowest BCUT2D eigenvalue weighted by Crippen LogP contribution is -2.13. The van der Waals surface area contributed by atoms with Crippen molar-refractivity contribution in [3.05, 3.63) is 42.5 Å². The molecule has 2 aromatic rings. The molecule has 5 heteroatoms. The smallest absolute Gasteiger partial charge is 0.210 e. The van der Waals surface area contributed by atoms with Crippen molar-refractivity contribution < 1.29 is 8.42 Å². The highest BCUT2D eigenvalue weighted by atomic mass is 32.2. The Bertz CT molecular complexity index is 708. The summed E-state index contributed by atoms with van der Waals surface area (Å²) in [7, 11) is -3.44. The van der Waals surface area contributed by atoms with Gasteiger partial charge in [0.15, 0.2) is 0 Å². The maximum atomic E-state index is 12.4. The van der Waals surface area contributed by atoms with Gasteiger partial charge in [0.05, 0.1) is 21.2 Å². The van der Waals surface area contributed by atoms with Gasteiger partial charge in [-0.05, 0) is 24.3 Å². The van der Waals surface area contributed by atoms with Gasteiger partial charge in [-0.1, -0.05) is 18.2 Å². The van der Waals surface area contributed by atoms with Crippen molar-refractivity contribution >= 4 is 33.8 Å². The maximum Gasteiger partial charge on any atom is 0.210 e. The van der Waals surface area contributed by atoms with Crippen molar-refractivity contribution in [1.29, 1.82) is 0 Å². The van der Waals surface area contributed by atoms with E-state index in [0.29, 0.717) is 21.2 Å². The van der Waals surface area contributed by atoms with Crippen molar-refractivity contribution in [2.24, 2.45) is 0 Å². The van der Waals surface area contributed by atoms with E-state index in [1.54, 1.807) is 42.5 Å². The van der Waals surface area contributed by atoms with Gasteiger partial charge in [-0.15, -0.1) is 12.6 Å². The lowest BCUT2D eigenvalue weighted by atomic mass is 10.2. The summed E-state index contributed by atoms with van der Waals surface area (Å²) in [5.41, 5.74) is 1.15. The van der Waals surface area contributed by atoms with Crippen molar-refractivity contribution in [3.63, 3.8) is 0 Å². The van der Waals surface area contributed by atoms with Crippen molar-refractivity contribution in [2.75, 3.05) is 5.32 Å². The summed E-state index contributed by atoms with van der Waals surface area (Å²) < 4.78 is 24.7. The summed E-state index contributed by atoms with van der Waals surface area (Å²) in [6.07, 6.45) is 0. The molecule has 0 unspecified atom stereocenters. The largest absolute Gasteiger partial charge is 0.352 e. The van der Waals surface area contributed by atoms with E-state index in [-0.39, 0.29) is 4.90 Å². The van der Waals surface area contributed by atoms with E-state index in [1.165, 1.54) is 0 Å². The lowest BCUT2D eigenvalue weighted by Gasteiger charge is -2.22. The highest BCUT2D eigenvalue weighted by molar-refractivity contribution is 7.92. The summed E-state index contributed by atoms with van der Waals surface area (Å²) in [5.74, 6) is 0. The van der Waals surface area contributed by atoms with E-state index in [9.17, 15) is 8.42 Å².